The molecule has 4 heteroatoms. The molecule has 4 nitrogen and oxygen atoms in total. The van der Waals surface area contributed by atoms with Gasteiger partial charge in [0.15, 0.2) is 23.0 Å². The topological polar surface area (TPSA) is 24.9 Å². The fourth-order valence-electron chi connectivity index (χ4n) is 10.8. The molecule has 0 bridgehead atoms. The molecule has 0 amide bonds. The molecule has 12 aromatic carbocycles. The normalized spacial score (nSPS) is 12.6. The van der Waals surface area contributed by atoms with E-state index in [1.165, 1.54) is 54.7 Å². The number of rotatable bonds is 5. The Kier molecular flexibility index (Phi) is 8.55. The van der Waals surface area contributed by atoms with Gasteiger partial charge in [0.1, 0.15) is 0 Å². The Bertz CT molecular complexity index is 3900. The highest BCUT2D eigenvalue weighted by atomic mass is 16.5. The number of hydrogen-bond acceptors (Lipinski definition) is 4. The van der Waals surface area contributed by atoms with E-state index in [9.17, 15) is 0 Å². The molecule has 2 aliphatic heterocycles. The van der Waals surface area contributed by atoms with Gasteiger partial charge in [-0.3, -0.25) is 0 Å². The van der Waals surface area contributed by atoms with Crippen molar-refractivity contribution in [1.82, 2.24) is 0 Å². The quantitative estimate of drug-likeness (QED) is 0.161. The van der Waals surface area contributed by atoms with Crippen LogP contribution in [0.15, 0.2) is 243 Å². The molecule has 14 rings (SSSR count). The first-order valence-electron chi connectivity index (χ1n) is 23.2. The van der Waals surface area contributed by atoms with Gasteiger partial charge in [0, 0.05) is 11.4 Å². The minimum absolute atomic E-state index is 0.823. The average Bonchev–Trinajstić information content (AvgIpc) is 3.40. The van der Waals surface area contributed by atoms with Crippen LogP contribution in [-0.4, -0.2) is 0 Å². The average molecular weight is 869 g/mol. The van der Waals surface area contributed by atoms with Crippen molar-refractivity contribution in [3.8, 4) is 56.4 Å². The zero-order valence-corrected chi connectivity index (χ0v) is 36.8. The molecule has 0 aromatic heterocycles. The van der Waals surface area contributed by atoms with Crippen LogP contribution in [0.5, 0.6) is 23.0 Å². The van der Waals surface area contributed by atoms with Crippen molar-refractivity contribution < 1.29 is 9.47 Å². The molecule has 0 fully saturated rings. The SMILES string of the molecule is c1ccc2c(c1)Oc1ccccc1N2c1ccc2c(-c3cccc4ccccc34)c3cc(N4c5ccccc5Oc5ccccc54)ccc3c(-c3ccc(-c4cccc5ccccc45)cc3)c2c1. The van der Waals surface area contributed by atoms with Gasteiger partial charge in [-0.15, -0.1) is 0 Å². The lowest BCUT2D eigenvalue weighted by Gasteiger charge is -2.33. The molecule has 0 atom stereocenters. The van der Waals surface area contributed by atoms with Crippen molar-refractivity contribution in [3.05, 3.63) is 243 Å². The number of benzene rings is 12. The molecular weight excluding hydrogens is 829 g/mol. The molecule has 2 aliphatic rings. The van der Waals surface area contributed by atoms with Crippen LogP contribution in [0.25, 0.3) is 76.5 Å². The highest BCUT2D eigenvalue weighted by molar-refractivity contribution is 6.25. The van der Waals surface area contributed by atoms with Crippen molar-refractivity contribution >= 4 is 77.2 Å². The predicted molar refractivity (Wildman–Crippen MR) is 282 cm³/mol. The molecule has 0 radical (unpaired) electrons. The maximum absolute atomic E-state index is 6.51. The fourth-order valence-corrected chi connectivity index (χ4v) is 10.8. The number of para-hydroxylation sites is 8. The summed E-state index contributed by atoms with van der Waals surface area (Å²) in [6, 6.07) is 87.3. The molecule has 68 heavy (non-hydrogen) atoms. The second kappa shape index (κ2) is 15.2. The molecule has 12 aromatic rings. The van der Waals surface area contributed by atoms with Gasteiger partial charge in [0.05, 0.1) is 22.7 Å². The maximum atomic E-state index is 6.51. The van der Waals surface area contributed by atoms with Crippen LogP contribution in [0.3, 0.4) is 0 Å². The first-order valence-corrected chi connectivity index (χ1v) is 23.2. The van der Waals surface area contributed by atoms with Crippen LogP contribution in [0, 0.1) is 0 Å². The summed E-state index contributed by atoms with van der Waals surface area (Å²) in [6.07, 6.45) is 0. The summed E-state index contributed by atoms with van der Waals surface area (Å²) in [6.45, 7) is 0. The number of ether oxygens (including phenoxy) is 2. The smallest absolute Gasteiger partial charge is 0.151 e. The van der Waals surface area contributed by atoms with E-state index < -0.39 is 0 Å². The van der Waals surface area contributed by atoms with Gasteiger partial charge in [0.2, 0.25) is 0 Å². The highest BCUT2D eigenvalue weighted by Gasteiger charge is 2.29. The van der Waals surface area contributed by atoms with E-state index in [0.717, 1.165) is 78.8 Å². The lowest BCUT2D eigenvalue weighted by molar-refractivity contribution is 0.477. The van der Waals surface area contributed by atoms with Gasteiger partial charge in [-0.05, 0) is 149 Å². The van der Waals surface area contributed by atoms with Crippen LogP contribution in [0.1, 0.15) is 0 Å². The van der Waals surface area contributed by atoms with E-state index in [4.69, 9.17) is 9.47 Å². The Morgan fingerprint density at radius 1 is 0.250 bits per heavy atom. The summed E-state index contributed by atoms with van der Waals surface area (Å²) in [5.41, 5.74) is 13.2. The Morgan fingerprint density at radius 3 is 1.15 bits per heavy atom. The van der Waals surface area contributed by atoms with E-state index in [1.807, 2.05) is 24.3 Å². The first-order chi connectivity index (χ1) is 33.7. The van der Waals surface area contributed by atoms with E-state index >= 15 is 0 Å². The van der Waals surface area contributed by atoms with Gasteiger partial charge in [-0.1, -0.05) is 170 Å². The number of hydrogen-bond donors (Lipinski definition) is 0. The molecule has 0 N–H and O–H groups in total. The van der Waals surface area contributed by atoms with Gasteiger partial charge in [-0.2, -0.15) is 0 Å². The monoisotopic (exact) mass is 868 g/mol. The highest BCUT2D eigenvalue weighted by Crippen LogP contribution is 2.55. The van der Waals surface area contributed by atoms with Crippen LogP contribution < -0.4 is 19.3 Å². The summed E-state index contributed by atoms with van der Waals surface area (Å²) in [4.78, 5) is 4.69. The van der Waals surface area contributed by atoms with E-state index in [0.29, 0.717) is 0 Å². The maximum Gasteiger partial charge on any atom is 0.151 e. The Hall–Kier alpha value is -9.12. The van der Waals surface area contributed by atoms with E-state index in [1.54, 1.807) is 0 Å². The molecule has 0 spiro atoms. The van der Waals surface area contributed by atoms with Crippen molar-refractivity contribution in [3.63, 3.8) is 0 Å². The molecule has 318 valence electrons. The summed E-state index contributed by atoms with van der Waals surface area (Å²) >= 11 is 0. The second-order valence-electron chi connectivity index (χ2n) is 17.6. The molecular formula is C64H40N2O2. The van der Waals surface area contributed by atoms with Crippen LogP contribution >= 0.6 is 0 Å². The van der Waals surface area contributed by atoms with Crippen molar-refractivity contribution in [1.29, 1.82) is 0 Å². The van der Waals surface area contributed by atoms with E-state index in [2.05, 4.69) is 228 Å². The number of nitrogens with zero attached hydrogens (tertiary/aromatic N) is 2. The zero-order valence-electron chi connectivity index (χ0n) is 36.8. The third-order valence-corrected chi connectivity index (χ3v) is 13.8. The minimum Gasteiger partial charge on any atom is -0.453 e. The standard InChI is InChI=1S/C64H40N2O2/c1-3-19-47-41(15-1)17-13-21-48(47)43-31-33-44(34-32-43)63-51-37-35-46(66-57-25-7-11-29-61(57)68-62-30-12-8-26-58(62)66)40-54(51)64(50-22-14-18-42-16-2-4-20-49(42)50)52-38-36-45(39-53(52)63)65-55-23-5-9-27-59(55)67-60-28-10-6-24-56(60)65/h1-40H. The summed E-state index contributed by atoms with van der Waals surface area (Å²) in [5, 5.41) is 9.53. The van der Waals surface area contributed by atoms with E-state index in [-0.39, 0.29) is 0 Å². The van der Waals surface area contributed by atoms with Crippen LogP contribution in [0.4, 0.5) is 34.1 Å². The first kappa shape index (κ1) is 38.2. The molecule has 0 unspecified atom stereocenters. The number of anilines is 6. The summed E-state index contributed by atoms with van der Waals surface area (Å²) < 4.78 is 13.0. The zero-order chi connectivity index (χ0) is 44.7. The van der Waals surface area contributed by atoms with Gasteiger partial charge >= 0.3 is 0 Å². The fraction of sp³-hybridized carbons (Fsp3) is 0. The Labute approximate surface area is 393 Å². The predicted octanol–water partition coefficient (Wildman–Crippen LogP) is 18.5. The van der Waals surface area contributed by atoms with Gasteiger partial charge < -0.3 is 19.3 Å². The molecule has 0 saturated carbocycles. The summed E-state index contributed by atoms with van der Waals surface area (Å²) in [5.74, 6) is 3.29. The third kappa shape index (κ3) is 5.94. The summed E-state index contributed by atoms with van der Waals surface area (Å²) in [7, 11) is 0. The van der Waals surface area contributed by atoms with Crippen LogP contribution in [0.2, 0.25) is 0 Å². The lowest BCUT2D eigenvalue weighted by Crippen LogP contribution is -2.16. The Morgan fingerprint density at radius 2 is 0.632 bits per heavy atom. The number of fused-ring (bicyclic) bond motifs is 8. The van der Waals surface area contributed by atoms with Gasteiger partial charge in [-0.25, -0.2) is 0 Å². The van der Waals surface area contributed by atoms with Crippen molar-refractivity contribution in [2.24, 2.45) is 0 Å². The molecule has 2 heterocycles. The molecule has 0 aliphatic carbocycles. The second-order valence-corrected chi connectivity index (χ2v) is 17.6. The largest absolute Gasteiger partial charge is 0.453 e. The molecule has 0 saturated heterocycles. The van der Waals surface area contributed by atoms with Crippen molar-refractivity contribution in [2.75, 3.05) is 9.80 Å². The Balaban J connectivity index is 1.08. The third-order valence-electron chi connectivity index (χ3n) is 13.8. The van der Waals surface area contributed by atoms with Gasteiger partial charge in [0.25, 0.3) is 0 Å². The van der Waals surface area contributed by atoms with Crippen LogP contribution in [-0.2, 0) is 0 Å². The van der Waals surface area contributed by atoms with Crippen molar-refractivity contribution in [2.45, 2.75) is 0 Å². The lowest BCUT2D eigenvalue weighted by atomic mass is 9.84. The minimum atomic E-state index is 0.823.